The number of nitrogens with one attached hydrogen (secondary N) is 1. The van der Waals surface area contributed by atoms with Gasteiger partial charge in [0.05, 0.1) is 6.04 Å². The maximum atomic E-state index is 3.53. The number of thiophene rings is 1. The first-order valence-corrected chi connectivity index (χ1v) is 8.35. The van der Waals surface area contributed by atoms with Crippen LogP contribution in [0.2, 0.25) is 0 Å². The third kappa shape index (κ3) is 2.43. The Kier molecular flexibility index (Phi) is 3.95. The fourth-order valence-corrected chi connectivity index (χ4v) is 4.23. The number of benzene rings is 1. The predicted octanol–water partition coefficient (Wildman–Crippen LogP) is 4.94. The lowest BCUT2D eigenvalue weighted by Gasteiger charge is -2.30. The number of aryl methyl sites for hydroxylation is 2. The number of hydrogen-bond acceptors (Lipinski definition) is 2. The first-order chi connectivity index (χ1) is 9.70. The minimum Gasteiger partial charge on any atom is -0.309 e. The Labute approximate surface area is 126 Å². The largest absolute Gasteiger partial charge is 0.309 e. The van der Waals surface area contributed by atoms with Gasteiger partial charge in [0.15, 0.2) is 0 Å². The van der Waals surface area contributed by atoms with Gasteiger partial charge in [-0.05, 0) is 62.4 Å². The quantitative estimate of drug-likeness (QED) is 0.839. The maximum absolute atomic E-state index is 3.53. The first kappa shape index (κ1) is 13.8. The van der Waals surface area contributed by atoms with Crippen molar-refractivity contribution < 1.29 is 0 Å². The van der Waals surface area contributed by atoms with Crippen molar-refractivity contribution in [3.8, 4) is 0 Å². The van der Waals surface area contributed by atoms with Crippen molar-refractivity contribution in [2.24, 2.45) is 0 Å². The van der Waals surface area contributed by atoms with E-state index in [2.05, 4.69) is 56.5 Å². The van der Waals surface area contributed by atoms with Gasteiger partial charge in [0, 0.05) is 9.75 Å². The van der Waals surface area contributed by atoms with Crippen LogP contribution in [0.5, 0.6) is 0 Å². The molecule has 1 atom stereocenters. The van der Waals surface area contributed by atoms with Crippen LogP contribution in [0.1, 0.15) is 57.7 Å². The van der Waals surface area contributed by atoms with E-state index in [9.17, 15) is 0 Å². The van der Waals surface area contributed by atoms with Crippen LogP contribution in [0.15, 0.2) is 30.3 Å². The van der Waals surface area contributed by atoms with Crippen molar-refractivity contribution in [1.29, 1.82) is 0 Å². The molecule has 0 amide bonds. The normalized spacial score (nSPS) is 16.9. The first-order valence-electron chi connectivity index (χ1n) is 7.53. The predicted molar refractivity (Wildman–Crippen MR) is 87.7 cm³/mol. The second-order valence-corrected chi connectivity index (χ2v) is 7.15. The molecule has 2 heteroatoms. The Morgan fingerprint density at radius 3 is 2.50 bits per heavy atom. The second-order valence-electron chi connectivity index (χ2n) is 5.87. The smallest absolute Gasteiger partial charge is 0.0671 e. The van der Waals surface area contributed by atoms with Crippen LogP contribution in [0.3, 0.4) is 0 Å². The van der Waals surface area contributed by atoms with Crippen molar-refractivity contribution in [3.63, 3.8) is 0 Å². The molecular weight excluding hydrogens is 262 g/mol. The highest BCUT2D eigenvalue weighted by molar-refractivity contribution is 7.12. The van der Waals surface area contributed by atoms with Crippen LogP contribution >= 0.6 is 11.3 Å². The Bertz CT molecular complexity index is 576. The average Bonchev–Trinajstić information content (AvgIpc) is 2.70. The fourth-order valence-electron chi connectivity index (χ4n) is 3.06. The van der Waals surface area contributed by atoms with Gasteiger partial charge in [-0.25, -0.2) is 0 Å². The van der Waals surface area contributed by atoms with Gasteiger partial charge in [-0.1, -0.05) is 30.7 Å². The molecule has 1 saturated carbocycles. The lowest BCUT2D eigenvalue weighted by molar-refractivity contribution is 0.415. The van der Waals surface area contributed by atoms with E-state index in [4.69, 9.17) is 0 Å². The molecular formula is C18H23NS. The monoisotopic (exact) mass is 285 g/mol. The molecule has 106 valence electrons. The Morgan fingerprint density at radius 1 is 1.20 bits per heavy atom. The van der Waals surface area contributed by atoms with Gasteiger partial charge < -0.3 is 5.32 Å². The van der Waals surface area contributed by atoms with Crippen LogP contribution in [0, 0.1) is 13.8 Å². The molecule has 0 saturated heterocycles. The SMILES string of the molecule is CNC(c1cc(C)c(C)s1)c1ccccc1C1CCC1. The molecule has 20 heavy (non-hydrogen) atoms. The standard InChI is InChI=1S/C18H23NS/c1-12-11-17(20-13(12)2)18(19-3)16-10-5-4-9-15(16)14-7-6-8-14/h4-5,9-11,14,18-19H,6-8H2,1-3H3. The molecule has 1 heterocycles. The van der Waals surface area contributed by atoms with Crippen LogP contribution in [0.4, 0.5) is 0 Å². The highest BCUT2D eigenvalue weighted by Crippen LogP contribution is 2.41. The van der Waals surface area contributed by atoms with E-state index >= 15 is 0 Å². The summed E-state index contributed by atoms with van der Waals surface area (Å²) in [7, 11) is 2.08. The van der Waals surface area contributed by atoms with Gasteiger partial charge in [-0.15, -0.1) is 11.3 Å². The molecule has 1 nitrogen and oxygen atoms in total. The highest BCUT2D eigenvalue weighted by atomic mass is 32.1. The Balaban J connectivity index is 2.00. The molecule has 0 aliphatic heterocycles. The zero-order chi connectivity index (χ0) is 14.1. The molecule has 3 rings (SSSR count). The minimum atomic E-state index is 0.337. The summed E-state index contributed by atoms with van der Waals surface area (Å²) in [5.41, 5.74) is 4.44. The van der Waals surface area contributed by atoms with Crippen molar-refractivity contribution in [1.82, 2.24) is 5.32 Å². The van der Waals surface area contributed by atoms with Gasteiger partial charge >= 0.3 is 0 Å². The molecule has 0 bridgehead atoms. The van der Waals surface area contributed by atoms with E-state index < -0.39 is 0 Å². The van der Waals surface area contributed by atoms with Crippen molar-refractivity contribution in [2.45, 2.75) is 45.1 Å². The fraction of sp³-hybridized carbons (Fsp3) is 0.444. The maximum Gasteiger partial charge on any atom is 0.0671 e. The van der Waals surface area contributed by atoms with Crippen LogP contribution in [0.25, 0.3) is 0 Å². The topological polar surface area (TPSA) is 12.0 Å². The third-order valence-corrected chi connectivity index (χ3v) is 5.83. The number of rotatable bonds is 4. The molecule has 1 unspecified atom stereocenters. The van der Waals surface area contributed by atoms with Crippen LogP contribution in [-0.2, 0) is 0 Å². The summed E-state index contributed by atoms with van der Waals surface area (Å²) < 4.78 is 0. The molecule has 1 aliphatic carbocycles. The van der Waals surface area contributed by atoms with Gasteiger partial charge in [0.25, 0.3) is 0 Å². The van der Waals surface area contributed by atoms with Crippen LogP contribution < -0.4 is 5.32 Å². The van der Waals surface area contributed by atoms with E-state index in [1.807, 2.05) is 11.3 Å². The molecule has 0 spiro atoms. The average molecular weight is 285 g/mol. The van der Waals surface area contributed by atoms with Gasteiger partial charge in [-0.3, -0.25) is 0 Å². The van der Waals surface area contributed by atoms with Gasteiger partial charge in [0.2, 0.25) is 0 Å². The molecule has 1 N–H and O–H groups in total. The highest BCUT2D eigenvalue weighted by Gasteiger charge is 2.25. The summed E-state index contributed by atoms with van der Waals surface area (Å²) in [6.45, 7) is 4.42. The second kappa shape index (κ2) is 5.71. The Hall–Kier alpha value is -1.12. The molecule has 0 radical (unpaired) electrons. The summed E-state index contributed by atoms with van der Waals surface area (Å²) in [6, 6.07) is 11.7. The molecule has 1 aliphatic rings. The van der Waals surface area contributed by atoms with E-state index in [0.29, 0.717) is 6.04 Å². The lowest BCUT2D eigenvalue weighted by Crippen LogP contribution is -2.20. The van der Waals surface area contributed by atoms with Gasteiger partial charge in [-0.2, -0.15) is 0 Å². The van der Waals surface area contributed by atoms with Crippen molar-refractivity contribution >= 4 is 11.3 Å². The number of hydrogen-bond donors (Lipinski definition) is 1. The Morgan fingerprint density at radius 2 is 1.95 bits per heavy atom. The van der Waals surface area contributed by atoms with Crippen molar-refractivity contribution in [2.75, 3.05) is 7.05 Å². The summed E-state index contributed by atoms with van der Waals surface area (Å²) >= 11 is 1.93. The van der Waals surface area contributed by atoms with Crippen LogP contribution in [-0.4, -0.2) is 7.05 Å². The summed E-state index contributed by atoms with van der Waals surface area (Å²) in [5, 5.41) is 3.53. The molecule has 2 aromatic rings. The minimum absolute atomic E-state index is 0.337. The molecule has 1 fully saturated rings. The van der Waals surface area contributed by atoms with E-state index in [-0.39, 0.29) is 0 Å². The van der Waals surface area contributed by atoms with E-state index in [1.165, 1.54) is 40.1 Å². The zero-order valence-electron chi connectivity index (χ0n) is 12.6. The summed E-state index contributed by atoms with van der Waals surface area (Å²) in [4.78, 5) is 2.87. The lowest BCUT2D eigenvalue weighted by atomic mass is 9.77. The zero-order valence-corrected chi connectivity index (χ0v) is 13.4. The van der Waals surface area contributed by atoms with E-state index in [1.54, 1.807) is 5.56 Å². The van der Waals surface area contributed by atoms with Crippen molar-refractivity contribution in [3.05, 3.63) is 56.8 Å². The summed E-state index contributed by atoms with van der Waals surface area (Å²) in [6.07, 6.45) is 4.10. The molecule has 1 aromatic heterocycles. The van der Waals surface area contributed by atoms with Gasteiger partial charge in [0.1, 0.15) is 0 Å². The van der Waals surface area contributed by atoms with E-state index in [0.717, 1.165) is 5.92 Å². The summed E-state index contributed by atoms with van der Waals surface area (Å²) in [5.74, 6) is 0.782. The molecule has 1 aromatic carbocycles. The third-order valence-electron chi connectivity index (χ3n) is 4.61.